The maximum atomic E-state index is 14.1. The minimum atomic E-state index is -1.04. The normalized spacial score (nSPS) is 15.8. The average molecular weight is 401 g/mol. The molecule has 1 fully saturated rings. The second-order valence-electron chi connectivity index (χ2n) is 7.42. The number of likely N-dealkylation sites (tertiary alicyclic amines) is 1. The van der Waals surface area contributed by atoms with Crippen LogP contribution in [0.1, 0.15) is 42.9 Å². The molecule has 0 spiro atoms. The Morgan fingerprint density at radius 2 is 1.90 bits per heavy atom. The minimum Gasteiger partial charge on any atom is -0.448 e. The second kappa shape index (κ2) is 8.55. The van der Waals surface area contributed by atoms with Gasteiger partial charge in [-0.25, -0.2) is 13.9 Å². The highest BCUT2D eigenvalue weighted by atomic mass is 19.1. The van der Waals surface area contributed by atoms with E-state index in [0.717, 1.165) is 12.8 Å². The quantitative estimate of drug-likeness (QED) is 0.736. The molecule has 0 aliphatic carbocycles. The summed E-state index contributed by atoms with van der Waals surface area (Å²) >= 11 is 0. The number of nitrogens with zero attached hydrogens (tertiary/aromatic N) is 3. The average Bonchev–Trinajstić information content (AvgIpc) is 2.68. The molecule has 1 amide bonds. The summed E-state index contributed by atoms with van der Waals surface area (Å²) in [5.74, 6) is -1.29. The Kier molecular flexibility index (Phi) is 6.10. The van der Waals surface area contributed by atoms with Crippen LogP contribution in [0.15, 0.2) is 35.1 Å². The summed E-state index contributed by atoms with van der Waals surface area (Å²) in [4.78, 5) is 39.0. The van der Waals surface area contributed by atoms with E-state index in [-0.39, 0.29) is 11.6 Å². The number of aromatic nitrogens is 2. The van der Waals surface area contributed by atoms with Gasteiger partial charge < -0.3 is 9.64 Å². The molecule has 29 heavy (non-hydrogen) atoms. The highest BCUT2D eigenvalue weighted by Crippen LogP contribution is 2.18. The lowest BCUT2D eigenvalue weighted by molar-refractivity contribution is -0.141. The van der Waals surface area contributed by atoms with E-state index in [1.54, 1.807) is 17.9 Å². The number of ether oxygens (including phenoxy) is 1. The summed E-state index contributed by atoms with van der Waals surface area (Å²) in [5.41, 5.74) is -0.675. The fourth-order valence-electron chi connectivity index (χ4n) is 3.31. The predicted octanol–water partition coefficient (Wildman–Crippen LogP) is 2.48. The number of piperidine rings is 1. The molecule has 0 N–H and O–H groups in total. The number of carbonyl (C=O) groups excluding carboxylic acids is 2. The van der Waals surface area contributed by atoms with Gasteiger partial charge in [0.1, 0.15) is 11.5 Å². The molecule has 1 aromatic heterocycles. The van der Waals surface area contributed by atoms with Crippen molar-refractivity contribution in [3.05, 3.63) is 57.8 Å². The fraction of sp³-hybridized carbons (Fsp3) is 0.429. The van der Waals surface area contributed by atoms with Crippen LogP contribution in [-0.4, -0.2) is 45.8 Å². The first kappa shape index (κ1) is 20.7. The molecule has 3 rings (SSSR count). The molecule has 0 saturated carbocycles. The summed E-state index contributed by atoms with van der Waals surface area (Å²) < 4.78 is 20.5. The Hall–Kier alpha value is -3.03. The van der Waals surface area contributed by atoms with E-state index >= 15 is 0 Å². The van der Waals surface area contributed by atoms with Crippen LogP contribution in [0.5, 0.6) is 0 Å². The van der Waals surface area contributed by atoms with Crippen molar-refractivity contribution in [2.45, 2.75) is 39.7 Å². The van der Waals surface area contributed by atoms with Crippen LogP contribution >= 0.6 is 0 Å². The van der Waals surface area contributed by atoms with Gasteiger partial charge in [-0.2, -0.15) is 5.10 Å². The molecule has 0 bridgehead atoms. The molecule has 1 aromatic carbocycles. The minimum absolute atomic E-state index is 0.102. The van der Waals surface area contributed by atoms with Gasteiger partial charge in [0.05, 0.1) is 0 Å². The number of aryl methyl sites for hydroxylation is 1. The van der Waals surface area contributed by atoms with Gasteiger partial charge in [-0.3, -0.25) is 9.59 Å². The monoisotopic (exact) mass is 401 g/mol. The van der Waals surface area contributed by atoms with Crippen molar-refractivity contribution in [2.75, 3.05) is 13.1 Å². The third-order valence-electron chi connectivity index (χ3n) is 5.11. The van der Waals surface area contributed by atoms with E-state index in [2.05, 4.69) is 12.0 Å². The van der Waals surface area contributed by atoms with Gasteiger partial charge in [0.25, 0.3) is 5.91 Å². The second-order valence-corrected chi connectivity index (χ2v) is 7.42. The molecular weight excluding hydrogens is 377 g/mol. The maximum Gasteiger partial charge on any atom is 0.363 e. The zero-order valence-electron chi connectivity index (χ0n) is 16.7. The van der Waals surface area contributed by atoms with Gasteiger partial charge in [0.15, 0.2) is 6.10 Å². The number of amides is 1. The van der Waals surface area contributed by atoms with Crippen molar-refractivity contribution >= 4 is 11.9 Å². The molecule has 7 nitrogen and oxygen atoms in total. The summed E-state index contributed by atoms with van der Waals surface area (Å²) in [6.07, 6.45) is 0.763. The third kappa shape index (κ3) is 4.52. The molecule has 1 aliphatic rings. The van der Waals surface area contributed by atoms with Gasteiger partial charge in [-0.05, 0) is 44.7 Å². The fourth-order valence-corrected chi connectivity index (χ4v) is 3.31. The smallest absolute Gasteiger partial charge is 0.363 e. The van der Waals surface area contributed by atoms with Crippen molar-refractivity contribution in [2.24, 2.45) is 5.92 Å². The van der Waals surface area contributed by atoms with E-state index in [1.807, 2.05) is 0 Å². The van der Waals surface area contributed by atoms with Crippen LogP contribution in [0.25, 0.3) is 5.69 Å². The van der Waals surface area contributed by atoms with Crippen LogP contribution < -0.4 is 5.43 Å². The van der Waals surface area contributed by atoms with E-state index in [4.69, 9.17) is 4.74 Å². The number of hydrogen-bond donors (Lipinski definition) is 0. The van der Waals surface area contributed by atoms with E-state index in [1.165, 1.54) is 35.9 Å². The largest absolute Gasteiger partial charge is 0.448 e. The van der Waals surface area contributed by atoms with Gasteiger partial charge in [-0.1, -0.05) is 19.1 Å². The number of para-hydroxylation sites is 1. The van der Waals surface area contributed by atoms with Gasteiger partial charge >= 0.3 is 5.97 Å². The number of rotatable bonds is 4. The zero-order valence-corrected chi connectivity index (χ0v) is 16.7. The molecule has 2 heterocycles. The Balaban J connectivity index is 1.80. The standard InChI is InChI=1S/C21H24FN3O4/c1-13-8-10-24(11-9-13)20(27)15(3)29-21(28)19-18(26)12-14(2)25(23-19)17-7-5-4-6-16(17)22/h4-7,12-13,15H,8-11H2,1-3H3/t15-/m1/s1. The number of halogens is 1. The Morgan fingerprint density at radius 1 is 1.24 bits per heavy atom. The summed E-state index contributed by atoms with van der Waals surface area (Å²) in [5, 5.41) is 4.00. The molecular formula is C21H24FN3O4. The molecule has 1 atom stereocenters. The Morgan fingerprint density at radius 3 is 2.55 bits per heavy atom. The van der Waals surface area contributed by atoms with E-state index in [0.29, 0.717) is 24.7 Å². The van der Waals surface area contributed by atoms with Crippen molar-refractivity contribution in [1.29, 1.82) is 0 Å². The Bertz CT molecular complexity index is 980. The lowest BCUT2D eigenvalue weighted by Gasteiger charge is -2.31. The van der Waals surface area contributed by atoms with E-state index in [9.17, 15) is 18.8 Å². The van der Waals surface area contributed by atoms with Crippen LogP contribution in [0.2, 0.25) is 0 Å². The van der Waals surface area contributed by atoms with Crippen molar-refractivity contribution in [3.8, 4) is 5.69 Å². The molecule has 8 heteroatoms. The summed E-state index contributed by atoms with van der Waals surface area (Å²) in [7, 11) is 0. The number of carbonyl (C=O) groups is 2. The first-order chi connectivity index (χ1) is 13.8. The topological polar surface area (TPSA) is 81.5 Å². The van der Waals surface area contributed by atoms with Crippen molar-refractivity contribution in [3.63, 3.8) is 0 Å². The predicted molar refractivity (Wildman–Crippen MR) is 104 cm³/mol. The third-order valence-corrected chi connectivity index (χ3v) is 5.11. The SMILES string of the molecule is Cc1cc(=O)c(C(=O)O[C@H](C)C(=O)N2CCC(C)CC2)nn1-c1ccccc1F. The van der Waals surface area contributed by atoms with Gasteiger partial charge in [-0.15, -0.1) is 0 Å². The molecule has 2 aromatic rings. The summed E-state index contributed by atoms with van der Waals surface area (Å²) in [6, 6.07) is 7.08. The van der Waals surface area contributed by atoms with Crippen LogP contribution in [0, 0.1) is 18.7 Å². The molecule has 154 valence electrons. The van der Waals surface area contributed by atoms with Crippen molar-refractivity contribution in [1.82, 2.24) is 14.7 Å². The molecule has 1 aliphatic heterocycles. The summed E-state index contributed by atoms with van der Waals surface area (Å²) in [6.45, 7) is 6.42. The van der Waals surface area contributed by atoms with Crippen LogP contribution in [-0.2, 0) is 9.53 Å². The van der Waals surface area contributed by atoms with Crippen molar-refractivity contribution < 1.29 is 18.7 Å². The van der Waals surface area contributed by atoms with Gasteiger partial charge in [0, 0.05) is 24.8 Å². The zero-order chi connectivity index (χ0) is 21.1. The molecule has 0 unspecified atom stereocenters. The first-order valence-corrected chi connectivity index (χ1v) is 9.63. The first-order valence-electron chi connectivity index (χ1n) is 9.63. The van der Waals surface area contributed by atoms with E-state index < -0.39 is 29.0 Å². The maximum absolute atomic E-state index is 14.1. The Labute approximate surface area is 168 Å². The number of esters is 1. The highest BCUT2D eigenvalue weighted by Gasteiger charge is 2.28. The molecule has 1 saturated heterocycles. The van der Waals surface area contributed by atoms with Crippen LogP contribution in [0.4, 0.5) is 4.39 Å². The number of benzene rings is 1. The highest BCUT2D eigenvalue weighted by molar-refractivity contribution is 5.90. The van der Waals surface area contributed by atoms with Gasteiger partial charge in [0.2, 0.25) is 11.1 Å². The lowest BCUT2D eigenvalue weighted by atomic mass is 9.99. The molecule has 0 radical (unpaired) electrons. The van der Waals surface area contributed by atoms with Crippen LogP contribution in [0.3, 0.4) is 0 Å². The lowest BCUT2D eigenvalue weighted by Crippen LogP contribution is -2.44. The number of hydrogen-bond acceptors (Lipinski definition) is 5.